The smallest absolute Gasteiger partial charge is 0.229 e. The lowest BCUT2D eigenvalue weighted by atomic mass is 9.84. The molecule has 2 N–H and O–H groups in total. The summed E-state index contributed by atoms with van der Waals surface area (Å²) >= 11 is 1.68. The fourth-order valence-electron chi connectivity index (χ4n) is 4.48. The highest BCUT2D eigenvalue weighted by molar-refractivity contribution is 8.01. The molecule has 2 aliphatic heterocycles. The van der Waals surface area contributed by atoms with E-state index < -0.39 is 16.8 Å². The molecule has 0 saturated carbocycles. The Morgan fingerprint density at radius 3 is 1.65 bits per heavy atom. The summed E-state index contributed by atoms with van der Waals surface area (Å²) in [5, 5.41) is 13.6. The van der Waals surface area contributed by atoms with E-state index >= 15 is 0 Å². The minimum Gasteiger partial charge on any atom is -0.389 e. The summed E-state index contributed by atoms with van der Waals surface area (Å²) in [5.41, 5.74) is 3.38. The number of carbonyl (C=O) groups excluding carboxylic acids is 1. The molecule has 1 amide bonds. The van der Waals surface area contributed by atoms with Crippen molar-refractivity contribution in [1.82, 2.24) is 5.32 Å². The number of aliphatic hydroxyl groups is 1. The molecule has 2 aliphatic rings. The first kappa shape index (κ1) is 20.3. The molecule has 5 rings (SSSR count). The van der Waals surface area contributed by atoms with Crippen LogP contribution in [0.2, 0.25) is 0 Å². The molecular formula is C26H25NO3S. The van der Waals surface area contributed by atoms with E-state index in [1.54, 1.807) is 11.8 Å². The van der Waals surface area contributed by atoms with Crippen LogP contribution in [0.25, 0.3) is 0 Å². The maximum absolute atomic E-state index is 12.5. The second-order valence-corrected chi connectivity index (χ2v) is 9.50. The van der Waals surface area contributed by atoms with E-state index in [1.165, 1.54) is 0 Å². The van der Waals surface area contributed by atoms with Crippen LogP contribution in [0, 0.1) is 5.92 Å². The van der Waals surface area contributed by atoms with Gasteiger partial charge in [0, 0.05) is 0 Å². The normalized spacial score (nSPS) is 25.9. The van der Waals surface area contributed by atoms with Crippen LogP contribution in [-0.2, 0) is 14.3 Å². The summed E-state index contributed by atoms with van der Waals surface area (Å²) < 4.78 is 4.93. The fraction of sp³-hybridized carbons (Fsp3) is 0.269. The van der Waals surface area contributed by atoms with Crippen molar-refractivity contribution in [3.63, 3.8) is 0 Å². The van der Waals surface area contributed by atoms with Crippen LogP contribution < -0.4 is 5.32 Å². The molecule has 31 heavy (non-hydrogen) atoms. The molecule has 4 nitrogen and oxygen atoms in total. The minimum absolute atomic E-state index is 0.00354. The molecule has 0 aromatic heterocycles. The monoisotopic (exact) mass is 431 g/mol. The molecule has 158 valence electrons. The molecule has 0 bridgehead atoms. The van der Waals surface area contributed by atoms with Crippen molar-refractivity contribution in [2.75, 3.05) is 0 Å². The third kappa shape index (κ3) is 3.57. The number of rotatable bonds is 7. The number of hydrogen-bond acceptors (Lipinski definition) is 4. The van der Waals surface area contributed by atoms with Crippen LogP contribution in [0.5, 0.6) is 0 Å². The summed E-state index contributed by atoms with van der Waals surface area (Å²) in [7, 11) is 0. The maximum Gasteiger partial charge on any atom is 0.229 e. The molecule has 3 aromatic carbocycles. The number of amides is 1. The van der Waals surface area contributed by atoms with Gasteiger partial charge >= 0.3 is 0 Å². The number of β-lactam (4-membered cyclic amide) rings is 1. The molecule has 2 heterocycles. The van der Waals surface area contributed by atoms with Crippen molar-refractivity contribution < 1.29 is 14.6 Å². The Hall–Kier alpha value is -2.60. The molecule has 2 saturated heterocycles. The van der Waals surface area contributed by atoms with E-state index in [9.17, 15) is 9.90 Å². The Balaban J connectivity index is 1.61. The molecular weight excluding hydrogens is 406 g/mol. The van der Waals surface area contributed by atoms with Gasteiger partial charge in [-0.15, -0.1) is 11.8 Å². The predicted octanol–water partition coefficient (Wildman–Crippen LogP) is 3.93. The van der Waals surface area contributed by atoms with Crippen LogP contribution in [0.1, 0.15) is 23.6 Å². The average molecular weight is 432 g/mol. The van der Waals surface area contributed by atoms with Crippen LogP contribution in [0.15, 0.2) is 91.0 Å². The number of aliphatic hydroxyl groups excluding tert-OH is 1. The zero-order chi connectivity index (χ0) is 21.4. The van der Waals surface area contributed by atoms with Gasteiger partial charge in [-0.25, -0.2) is 0 Å². The highest BCUT2D eigenvalue weighted by atomic mass is 32.2. The van der Waals surface area contributed by atoms with Crippen LogP contribution in [0.4, 0.5) is 0 Å². The Kier molecular flexibility index (Phi) is 5.34. The van der Waals surface area contributed by atoms with Crippen molar-refractivity contribution in [1.29, 1.82) is 0 Å². The Labute approximate surface area is 186 Å². The fourth-order valence-corrected chi connectivity index (χ4v) is 6.29. The number of thioether (sulfide) groups is 1. The Bertz CT molecular complexity index is 947. The molecule has 5 atom stereocenters. The van der Waals surface area contributed by atoms with Crippen LogP contribution in [0.3, 0.4) is 0 Å². The van der Waals surface area contributed by atoms with Gasteiger partial charge in [-0.1, -0.05) is 91.0 Å². The Morgan fingerprint density at radius 1 is 0.871 bits per heavy atom. The first-order valence-corrected chi connectivity index (χ1v) is 11.5. The highest BCUT2D eigenvalue weighted by Crippen LogP contribution is 2.53. The molecule has 0 radical (unpaired) electrons. The van der Waals surface area contributed by atoms with Crippen molar-refractivity contribution in [3.8, 4) is 0 Å². The standard InChI is InChI=1S/C26H25NO3S/c1-17-23(30-17)22(28)21-24(29)27-25(21)31-26(18-11-5-2-6-12-18,19-13-7-3-8-14-19)20-15-9-4-10-16-20/h2-17,21-23,25,28H,1H3,(H,27,29)/t17?,21-,22?,23?,25+/m0/s1. The number of hydrogen-bond donors (Lipinski definition) is 2. The zero-order valence-electron chi connectivity index (χ0n) is 17.2. The second-order valence-electron chi connectivity index (χ2n) is 8.15. The van der Waals surface area contributed by atoms with Crippen molar-refractivity contribution in [2.45, 2.75) is 35.4 Å². The van der Waals surface area contributed by atoms with E-state index in [1.807, 2.05) is 61.5 Å². The van der Waals surface area contributed by atoms with E-state index in [-0.39, 0.29) is 23.5 Å². The quantitative estimate of drug-likeness (QED) is 0.338. The van der Waals surface area contributed by atoms with Crippen molar-refractivity contribution in [2.24, 2.45) is 5.92 Å². The first-order valence-electron chi connectivity index (χ1n) is 10.6. The van der Waals surface area contributed by atoms with Crippen LogP contribution in [-0.4, -0.2) is 34.7 Å². The van der Waals surface area contributed by atoms with Gasteiger partial charge in [0.15, 0.2) is 0 Å². The molecule has 0 aliphatic carbocycles. The average Bonchev–Trinajstić information content (AvgIpc) is 3.55. The largest absolute Gasteiger partial charge is 0.389 e. The van der Waals surface area contributed by atoms with E-state index in [0.717, 1.165) is 16.7 Å². The third-order valence-electron chi connectivity index (χ3n) is 6.22. The number of carbonyl (C=O) groups is 1. The number of nitrogens with one attached hydrogen (secondary N) is 1. The summed E-state index contributed by atoms with van der Waals surface area (Å²) in [4.78, 5) is 12.5. The molecule has 5 heteroatoms. The Morgan fingerprint density at radius 2 is 1.29 bits per heavy atom. The zero-order valence-corrected chi connectivity index (χ0v) is 18.0. The minimum atomic E-state index is -0.804. The molecule has 0 spiro atoms. The predicted molar refractivity (Wildman–Crippen MR) is 123 cm³/mol. The summed E-state index contributed by atoms with van der Waals surface area (Å²) in [6, 6.07) is 31.1. The van der Waals surface area contributed by atoms with Gasteiger partial charge in [-0.2, -0.15) is 0 Å². The first-order chi connectivity index (χ1) is 15.1. The van der Waals surface area contributed by atoms with Gasteiger partial charge in [0.25, 0.3) is 0 Å². The van der Waals surface area contributed by atoms with E-state index in [4.69, 9.17) is 4.74 Å². The third-order valence-corrected chi connectivity index (χ3v) is 7.95. The van der Waals surface area contributed by atoms with Crippen molar-refractivity contribution >= 4 is 17.7 Å². The van der Waals surface area contributed by atoms with Gasteiger partial charge in [-0.3, -0.25) is 4.79 Å². The SMILES string of the molecule is CC1OC1C(O)[C@H]1C(=O)N[C@@H]1SC(c1ccccc1)(c1ccccc1)c1ccccc1. The maximum atomic E-state index is 12.5. The molecule has 3 aromatic rings. The van der Waals surface area contributed by atoms with Gasteiger partial charge in [0.2, 0.25) is 5.91 Å². The van der Waals surface area contributed by atoms with Gasteiger partial charge < -0.3 is 15.2 Å². The lowest BCUT2D eigenvalue weighted by molar-refractivity contribution is -0.138. The molecule has 3 unspecified atom stereocenters. The number of ether oxygens (including phenoxy) is 1. The van der Waals surface area contributed by atoms with Gasteiger partial charge in [-0.05, 0) is 23.6 Å². The summed E-state index contributed by atoms with van der Waals surface area (Å²) in [5.74, 6) is -0.619. The van der Waals surface area contributed by atoms with Crippen molar-refractivity contribution in [3.05, 3.63) is 108 Å². The second kappa shape index (κ2) is 8.15. The van der Waals surface area contributed by atoms with Crippen LogP contribution >= 0.6 is 11.8 Å². The lowest BCUT2D eigenvalue weighted by Crippen LogP contribution is -2.63. The number of epoxide rings is 1. The summed E-state index contributed by atoms with van der Waals surface area (Å²) in [6.45, 7) is 1.93. The lowest BCUT2D eigenvalue weighted by Gasteiger charge is -2.45. The van der Waals surface area contributed by atoms with Gasteiger partial charge in [0.05, 0.1) is 28.2 Å². The number of benzene rings is 3. The van der Waals surface area contributed by atoms with E-state index in [0.29, 0.717) is 0 Å². The molecule has 2 fully saturated rings. The van der Waals surface area contributed by atoms with E-state index in [2.05, 4.69) is 41.7 Å². The topological polar surface area (TPSA) is 61.9 Å². The summed E-state index contributed by atoms with van der Waals surface area (Å²) in [6.07, 6.45) is -1.07. The van der Waals surface area contributed by atoms with Gasteiger partial charge in [0.1, 0.15) is 6.10 Å². The highest BCUT2D eigenvalue weighted by Gasteiger charge is 2.55.